The first-order valence-corrected chi connectivity index (χ1v) is 6.67. The van der Waals surface area contributed by atoms with Crippen LogP contribution >= 0.6 is 11.8 Å². The Balaban J connectivity index is 2.40. The van der Waals surface area contributed by atoms with Crippen LogP contribution in [0.3, 0.4) is 0 Å². The van der Waals surface area contributed by atoms with E-state index in [2.05, 4.69) is 11.1 Å². The van der Waals surface area contributed by atoms with E-state index in [1.807, 2.05) is 13.8 Å². The fourth-order valence-corrected chi connectivity index (χ4v) is 2.70. The van der Waals surface area contributed by atoms with Gasteiger partial charge in [0, 0.05) is 4.90 Å². The van der Waals surface area contributed by atoms with Crippen LogP contribution in [0, 0.1) is 25.2 Å². The normalized spacial score (nSPS) is 12.2. The predicted octanol–water partition coefficient (Wildman–Crippen LogP) is 3.37. The Bertz CT molecular complexity index is 622. The molecule has 2 aromatic rings. The van der Waals surface area contributed by atoms with E-state index in [0.717, 1.165) is 21.9 Å². The Kier molecular flexibility index (Phi) is 3.93. The number of aromatic nitrogens is 1. The Labute approximate surface area is 116 Å². The van der Waals surface area contributed by atoms with Gasteiger partial charge in [0.05, 0.1) is 23.4 Å². The fraction of sp³-hybridized carbons (Fsp3) is 0.286. The van der Waals surface area contributed by atoms with Gasteiger partial charge in [-0.15, -0.1) is 0 Å². The number of oxazole rings is 1. The van der Waals surface area contributed by atoms with Gasteiger partial charge in [0.15, 0.2) is 0 Å². The molecule has 1 atom stereocenters. The molecule has 0 unspecified atom stereocenters. The summed E-state index contributed by atoms with van der Waals surface area (Å²) in [6, 6.07) is 7.28. The molecule has 98 valence electrons. The summed E-state index contributed by atoms with van der Waals surface area (Å²) in [7, 11) is 0. The van der Waals surface area contributed by atoms with E-state index in [4.69, 9.17) is 9.68 Å². The maximum Gasteiger partial charge on any atom is 0.261 e. The van der Waals surface area contributed by atoms with Crippen molar-refractivity contribution in [2.24, 2.45) is 0 Å². The van der Waals surface area contributed by atoms with E-state index in [0.29, 0.717) is 10.8 Å². The van der Waals surface area contributed by atoms with E-state index in [1.165, 1.54) is 11.8 Å². The van der Waals surface area contributed by atoms with Gasteiger partial charge in [0.1, 0.15) is 5.76 Å². The Morgan fingerprint density at radius 2 is 2.16 bits per heavy atom. The third kappa shape index (κ3) is 2.98. The quantitative estimate of drug-likeness (QED) is 0.929. The van der Waals surface area contributed by atoms with Gasteiger partial charge in [-0.05, 0) is 50.2 Å². The van der Waals surface area contributed by atoms with Crippen molar-refractivity contribution in [1.82, 2.24) is 4.98 Å². The van der Waals surface area contributed by atoms with Crippen LogP contribution in [0.4, 0.5) is 0 Å². The molecule has 1 N–H and O–H groups in total. The van der Waals surface area contributed by atoms with Gasteiger partial charge in [-0.3, -0.25) is 0 Å². The highest BCUT2D eigenvalue weighted by molar-refractivity contribution is 7.99. The van der Waals surface area contributed by atoms with Gasteiger partial charge in [0.2, 0.25) is 0 Å². The number of hydrogen-bond acceptors (Lipinski definition) is 5. The lowest BCUT2D eigenvalue weighted by molar-refractivity contribution is 0.196. The molecule has 1 aromatic carbocycles. The van der Waals surface area contributed by atoms with E-state index in [9.17, 15) is 5.11 Å². The molecule has 1 heterocycles. The predicted molar refractivity (Wildman–Crippen MR) is 71.9 cm³/mol. The molecular weight excluding hydrogens is 260 g/mol. The molecule has 0 amide bonds. The molecule has 19 heavy (non-hydrogen) atoms. The molecule has 0 saturated carbocycles. The van der Waals surface area contributed by atoms with Crippen molar-refractivity contribution in [2.45, 2.75) is 37.0 Å². The summed E-state index contributed by atoms with van der Waals surface area (Å²) in [6.07, 6.45) is -0.604. The second kappa shape index (κ2) is 5.47. The number of aliphatic hydroxyl groups excluding tert-OH is 1. The van der Waals surface area contributed by atoms with E-state index in [1.54, 1.807) is 25.1 Å². The number of aryl methyl sites for hydroxylation is 2. The third-order valence-electron chi connectivity index (χ3n) is 2.80. The first-order chi connectivity index (χ1) is 9.01. The van der Waals surface area contributed by atoms with Crippen LogP contribution in [0.5, 0.6) is 0 Å². The standard InChI is InChI=1S/C14H14N2O2S/c1-8-10(3)18-14(16-8)19-13-6-11(7-15)4-5-12(13)9(2)17/h4-6,9,17H,1-3H3/t9-/m1/s1. The average Bonchev–Trinajstić information content (AvgIpc) is 2.67. The third-order valence-corrected chi connectivity index (χ3v) is 3.72. The van der Waals surface area contributed by atoms with Crippen molar-refractivity contribution >= 4 is 11.8 Å². The lowest BCUT2D eigenvalue weighted by Crippen LogP contribution is -1.94. The smallest absolute Gasteiger partial charge is 0.261 e. The summed E-state index contributed by atoms with van der Waals surface area (Å²) in [5.74, 6) is 0.775. The van der Waals surface area contributed by atoms with Crippen LogP contribution in [0.1, 0.15) is 35.6 Å². The van der Waals surface area contributed by atoms with E-state index < -0.39 is 6.10 Å². The van der Waals surface area contributed by atoms with Gasteiger partial charge in [-0.2, -0.15) is 5.26 Å². The van der Waals surface area contributed by atoms with E-state index >= 15 is 0 Å². The van der Waals surface area contributed by atoms with Crippen molar-refractivity contribution in [3.63, 3.8) is 0 Å². The van der Waals surface area contributed by atoms with Crippen molar-refractivity contribution in [2.75, 3.05) is 0 Å². The summed E-state index contributed by atoms with van der Waals surface area (Å²) >= 11 is 1.32. The second-order valence-corrected chi connectivity index (χ2v) is 5.26. The fourth-order valence-electron chi connectivity index (χ4n) is 1.62. The summed E-state index contributed by atoms with van der Waals surface area (Å²) < 4.78 is 5.51. The van der Waals surface area contributed by atoms with Gasteiger partial charge in [0.25, 0.3) is 5.22 Å². The Morgan fingerprint density at radius 1 is 1.42 bits per heavy atom. The van der Waals surface area contributed by atoms with Crippen LogP contribution in [0.25, 0.3) is 0 Å². The van der Waals surface area contributed by atoms with Crippen molar-refractivity contribution in [1.29, 1.82) is 5.26 Å². The SMILES string of the molecule is Cc1nc(Sc2cc(C#N)ccc2[C@@H](C)O)oc1C. The maximum absolute atomic E-state index is 9.76. The highest BCUT2D eigenvalue weighted by Crippen LogP contribution is 2.34. The lowest BCUT2D eigenvalue weighted by Gasteiger charge is -2.10. The van der Waals surface area contributed by atoms with Crippen LogP contribution in [0.2, 0.25) is 0 Å². The average molecular weight is 274 g/mol. The minimum Gasteiger partial charge on any atom is -0.436 e. The van der Waals surface area contributed by atoms with Crippen molar-refractivity contribution < 1.29 is 9.52 Å². The van der Waals surface area contributed by atoms with E-state index in [-0.39, 0.29) is 0 Å². The topological polar surface area (TPSA) is 70.0 Å². The maximum atomic E-state index is 9.76. The number of nitrogens with zero attached hydrogens (tertiary/aromatic N) is 2. The highest BCUT2D eigenvalue weighted by atomic mass is 32.2. The molecule has 0 spiro atoms. The first-order valence-electron chi connectivity index (χ1n) is 5.85. The number of nitriles is 1. The number of aliphatic hydroxyl groups is 1. The zero-order valence-electron chi connectivity index (χ0n) is 11.0. The number of rotatable bonds is 3. The molecule has 0 aliphatic carbocycles. The molecule has 0 bridgehead atoms. The molecule has 0 aliphatic rings. The van der Waals surface area contributed by atoms with Gasteiger partial charge in [-0.1, -0.05) is 6.07 Å². The Morgan fingerprint density at radius 3 is 2.68 bits per heavy atom. The zero-order valence-corrected chi connectivity index (χ0v) is 11.8. The van der Waals surface area contributed by atoms with Crippen LogP contribution < -0.4 is 0 Å². The zero-order chi connectivity index (χ0) is 14.0. The molecular formula is C14H14N2O2S. The Hall–Kier alpha value is -1.77. The summed E-state index contributed by atoms with van der Waals surface area (Å²) in [4.78, 5) is 5.08. The summed E-state index contributed by atoms with van der Waals surface area (Å²) in [5.41, 5.74) is 2.15. The first kappa shape index (κ1) is 13.7. The second-order valence-electron chi connectivity index (χ2n) is 4.26. The number of hydrogen-bond donors (Lipinski definition) is 1. The van der Waals surface area contributed by atoms with Crippen LogP contribution in [0.15, 0.2) is 32.7 Å². The van der Waals surface area contributed by atoms with Gasteiger partial charge < -0.3 is 9.52 Å². The molecule has 4 nitrogen and oxygen atoms in total. The van der Waals surface area contributed by atoms with Crippen molar-refractivity contribution in [3.05, 3.63) is 40.8 Å². The minimum absolute atomic E-state index is 0.520. The lowest BCUT2D eigenvalue weighted by atomic mass is 10.1. The molecule has 5 heteroatoms. The molecule has 0 radical (unpaired) electrons. The van der Waals surface area contributed by atoms with Crippen LogP contribution in [-0.4, -0.2) is 10.1 Å². The minimum atomic E-state index is -0.604. The highest BCUT2D eigenvalue weighted by Gasteiger charge is 2.14. The number of benzene rings is 1. The molecule has 0 aliphatic heterocycles. The molecule has 0 saturated heterocycles. The summed E-state index contributed by atoms with van der Waals surface area (Å²) in [5, 5.41) is 19.2. The summed E-state index contributed by atoms with van der Waals surface area (Å²) in [6.45, 7) is 5.43. The van der Waals surface area contributed by atoms with Crippen molar-refractivity contribution in [3.8, 4) is 6.07 Å². The molecule has 1 aromatic heterocycles. The largest absolute Gasteiger partial charge is 0.436 e. The monoisotopic (exact) mass is 274 g/mol. The molecule has 2 rings (SSSR count). The van der Waals surface area contributed by atoms with Gasteiger partial charge in [-0.25, -0.2) is 4.98 Å². The van der Waals surface area contributed by atoms with Gasteiger partial charge >= 0.3 is 0 Å². The molecule has 0 fully saturated rings. The van der Waals surface area contributed by atoms with Crippen LogP contribution in [-0.2, 0) is 0 Å².